The maximum absolute atomic E-state index is 10.6. The maximum atomic E-state index is 10.6. The molecule has 0 saturated heterocycles. The molecule has 0 fully saturated rings. The molecule has 66 valence electrons. The molecule has 0 atom stereocenters. The van der Waals surface area contributed by atoms with Crippen LogP contribution in [0.3, 0.4) is 0 Å². The number of hydrogen-bond donors (Lipinski definition) is 2. The molecule has 1 rings (SSSR count). The number of hydrogen-bond acceptors (Lipinski definition) is 1. The number of aryl methyl sites for hydroxylation is 1. The van der Waals surface area contributed by atoms with E-state index in [0.717, 1.165) is 0 Å². The van der Waals surface area contributed by atoms with Gasteiger partial charge in [0.15, 0.2) is 12.4 Å². The van der Waals surface area contributed by atoms with Gasteiger partial charge in [0.2, 0.25) is 0 Å². The average molecular weight is 188 g/mol. The molecule has 1 aromatic heterocycles. The van der Waals surface area contributed by atoms with Gasteiger partial charge in [-0.15, -0.1) is 0 Å². The van der Waals surface area contributed by atoms with E-state index in [0.29, 0.717) is 5.56 Å². The Balaban J connectivity index is 2.78. The van der Waals surface area contributed by atoms with Crippen molar-refractivity contribution >= 4 is 7.60 Å². The monoisotopic (exact) mass is 188 g/mol. The molecule has 0 saturated carbocycles. The van der Waals surface area contributed by atoms with Crippen LogP contribution in [0.25, 0.3) is 0 Å². The maximum Gasteiger partial charge on any atom is 0.329 e. The molecule has 0 aromatic carbocycles. The normalized spacial score (nSPS) is 11.6. The van der Waals surface area contributed by atoms with Gasteiger partial charge in [-0.3, -0.25) is 4.57 Å². The second-order valence-corrected chi connectivity index (χ2v) is 4.34. The predicted octanol–water partition coefficient (Wildman–Crippen LogP) is 0.189. The first kappa shape index (κ1) is 9.39. The van der Waals surface area contributed by atoms with E-state index in [1.54, 1.807) is 24.5 Å². The fourth-order valence-electron chi connectivity index (χ4n) is 0.875. The summed E-state index contributed by atoms with van der Waals surface area (Å²) >= 11 is 0. The summed E-state index contributed by atoms with van der Waals surface area (Å²) in [5.74, 6) is 0. The van der Waals surface area contributed by atoms with Crippen molar-refractivity contribution in [3.63, 3.8) is 0 Å². The Bertz CT molecular complexity index is 303. The van der Waals surface area contributed by atoms with E-state index in [-0.39, 0.29) is 6.16 Å². The van der Waals surface area contributed by atoms with E-state index in [1.165, 1.54) is 0 Å². The molecular formula is C7H11NO3P+. The van der Waals surface area contributed by atoms with Crippen molar-refractivity contribution in [1.29, 1.82) is 0 Å². The van der Waals surface area contributed by atoms with Crippen molar-refractivity contribution in [2.45, 2.75) is 6.16 Å². The van der Waals surface area contributed by atoms with Gasteiger partial charge in [-0.2, -0.15) is 0 Å². The Morgan fingerprint density at radius 1 is 1.42 bits per heavy atom. The minimum Gasteiger partial charge on any atom is -0.324 e. The lowest BCUT2D eigenvalue weighted by Gasteiger charge is -2.01. The van der Waals surface area contributed by atoms with Gasteiger partial charge in [0, 0.05) is 12.1 Å². The van der Waals surface area contributed by atoms with Gasteiger partial charge >= 0.3 is 7.60 Å². The molecule has 0 aliphatic rings. The average Bonchev–Trinajstić information content (AvgIpc) is 1.91. The van der Waals surface area contributed by atoms with Gasteiger partial charge in [0.25, 0.3) is 0 Å². The topological polar surface area (TPSA) is 61.4 Å². The zero-order valence-electron chi connectivity index (χ0n) is 6.71. The Labute approximate surface area is 70.6 Å². The molecule has 4 nitrogen and oxygen atoms in total. The van der Waals surface area contributed by atoms with Crippen molar-refractivity contribution in [2.24, 2.45) is 7.05 Å². The summed E-state index contributed by atoms with van der Waals surface area (Å²) in [6, 6.07) is 3.39. The Morgan fingerprint density at radius 2 is 1.92 bits per heavy atom. The lowest BCUT2D eigenvalue weighted by Crippen LogP contribution is -2.25. The second-order valence-electron chi connectivity index (χ2n) is 2.69. The molecule has 0 bridgehead atoms. The Kier molecular flexibility index (Phi) is 2.62. The number of pyridine rings is 1. The Morgan fingerprint density at radius 3 is 2.33 bits per heavy atom. The summed E-state index contributed by atoms with van der Waals surface area (Å²) in [7, 11) is -2.06. The van der Waals surface area contributed by atoms with Crippen molar-refractivity contribution in [1.82, 2.24) is 0 Å². The van der Waals surface area contributed by atoms with Crippen LogP contribution in [0.2, 0.25) is 0 Å². The lowest BCUT2D eigenvalue weighted by atomic mass is 10.3. The number of aromatic nitrogens is 1. The molecule has 12 heavy (non-hydrogen) atoms. The number of nitrogens with zero attached hydrogens (tertiary/aromatic N) is 1. The first-order valence-electron chi connectivity index (χ1n) is 3.46. The van der Waals surface area contributed by atoms with E-state index in [1.807, 2.05) is 11.6 Å². The first-order chi connectivity index (χ1) is 5.47. The molecule has 0 aliphatic carbocycles. The zero-order valence-corrected chi connectivity index (χ0v) is 7.61. The van der Waals surface area contributed by atoms with Crippen LogP contribution in [0.4, 0.5) is 0 Å². The number of rotatable bonds is 2. The minimum atomic E-state index is -3.91. The van der Waals surface area contributed by atoms with Gasteiger partial charge in [-0.25, -0.2) is 4.57 Å². The SMILES string of the molecule is C[n+]1ccc(CP(=O)(O)O)cc1. The highest BCUT2D eigenvalue weighted by Gasteiger charge is 2.13. The van der Waals surface area contributed by atoms with E-state index in [2.05, 4.69) is 0 Å². The van der Waals surface area contributed by atoms with Gasteiger partial charge < -0.3 is 9.79 Å². The van der Waals surface area contributed by atoms with Gasteiger partial charge in [0.05, 0.1) is 6.16 Å². The van der Waals surface area contributed by atoms with Crippen LogP contribution in [0, 0.1) is 0 Å². The smallest absolute Gasteiger partial charge is 0.324 e. The summed E-state index contributed by atoms with van der Waals surface area (Å²) in [6.07, 6.45) is 3.32. The largest absolute Gasteiger partial charge is 0.329 e. The molecule has 5 heteroatoms. The molecule has 0 amide bonds. The molecular weight excluding hydrogens is 177 g/mol. The fourth-order valence-corrected chi connectivity index (χ4v) is 1.56. The summed E-state index contributed by atoms with van der Waals surface area (Å²) in [4.78, 5) is 17.3. The van der Waals surface area contributed by atoms with E-state index >= 15 is 0 Å². The van der Waals surface area contributed by atoms with Crippen LogP contribution in [-0.4, -0.2) is 9.79 Å². The third-order valence-corrected chi connectivity index (χ3v) is 2.21. The third-order valence-electron chi connectivity index (χ3n) is 1.44. The van der Waals surface area contributed by atoms with Gasteiger partial charge in [-0.05, 0) is 5.56 Å². The predicted molar refractivity (Wildman–Crippen MR) is 43.4 cm³/mol. The molecule has 0 unspecified atom stereocenters. The highest BCUT2D eigenvalue weighted by Crippen LogP contribution is 2.38. The molecule has 1 heterocycles. The summed E-state index contributed by atoms with van der Waals surface area (Å²) in [5.41, 5.74) is 0.654. The highest BCUT2D eigenvalue weighted by molar-refractivity contribution is 7.50. The van der Waals surface area contributed by atoms with Crippen LogP contribution in [0.1, 0.15) is 5.56 Å². The molecule has 0 spiro atoms. The molecule has 1 aromatic rings. The lowest BCUT2D eigenvalue weighted by molar-refractivity contribution is -0.671. The quantitative estimate of drug-likeness (QED) is 0.514. The van der Waals surface area contributed by atoms with E-state index in [9.17, 15) is 4.57 Å². The van der Waals surface area contributed by atoms with E-state index in [4.69, 9.17) is 9.79 Å². The summed E-state index contributed by atoms with van der Waals surface area (Å²) in [5, 5.41) is 0. The Hall–Kier alpha value is -0.700. The van der Waals surface area contributed by atoms with Crippen LogP contribution in [-0.2, 0) is 17.8 Å². The summed E-state index contributed by atoms with van der Waals surface area (Å²) < 4.78 is 12.4. The standard InChI is InChI=1S/C7H10NO3P/c1-8-4-2-7(3-5-8)6-12(9,10)11/h2-5H,6H2,1H3,(H-,9,10,11)/p+1. The highest BCUT2D eigenvalue weighted by atomic mass is 31.2. The zero-order chi connectivity index (χ0) is 9.19. The van der Waals surface area contributed by atoms with E-state index < -0.39 is 7.60 Å². The van der Waals surface area contributed by atoms with Gasteiger partial charge in [0.1, 0.15) is 7.05 Å². The van der Waals surface area contributed by atoms with Crippen LogP contribution >= 0.6 is 7.60 Å². The minimum absolute atomic E-state index is 0.187. The van der Waals surface area contributed by atoms with Crippen molar-refractivity contribution < 1.29 is 18.9 Å². The molecule has 0 aliphatic heterocycles. The fraction of sp³-hybridized carbons (Fsp3) is 0.286. The summed E-state index contributed by atoms with van der Waals surface area (Å²) in [6.45, 7) is 0. The molecule has 0 radical (unpaired) electrons. The van der Waals surface area contributed by atoms with Crippen LogP contribution in [0.5, 0.6) is 0 Å². The van der Waals surface area contributed by atoms with Crippen molar-refractivity contribution in [3.8, 4) is 0 Å². The third kappa shape index (κ3) is 3.13. The van der Waals surface area contributed by atoms with Crippen LogP contribution < -0.4 is 4.57 Å². The van der Waals surface area contributed by atoms with Crippen molar-refractivity contribution in [2.75, 3.05) is 0 Å². The second kappa shape index (κ2) is 3.35. The van der Waals surface area contributed by atoms with Crippen molar-refractivity contribution in [3.05, 3.63) is 30.1 Å². The van der Waals surface area contributed by atoms with Gasteiger partial charge in [-0.1, -0.05) is 0 Å². The molecule has 2 N–H and O–H groups in total. The first-order valence-corrected chi connectivity index (χ1v) is 5.26. The van der Waals surface area contributed by atoms with Crippen LogP contribution in [0.15, 0.2) is 24.5 Å².